The quantitative estimate of drug-likeness (QED) is 0.630. The number of nitro groups is 1. The summed E-state index contributed by atoms with van der Waals surface area (Å²) in [7, 11) is 0. The smallest absolute Gasteiger partial charge is 0.271 e. The summed E-state index contributed by atoms with van der Waals surface area (Å²) in [6.45, 7) is 9.72. The largest absolute Gasteiger partial charge is 0.506 e. The molecule has 22 heavy (non-hydrogen) atoms. The minimum atomic E-state index is -0.425. The van der Waals surface area contributed by atoms with Crippen LogP contribution in [-0.4, -0.2) is 41.1 Å². The number of hydrogen-bond acceptors (Lipinski definition) is 5. The lowest BCUT2D eigenvalue weighted by Crippen LogP contribution is -2.48. The number of phenols is 1. The number of halogens is 1. The number of hydrogen-bond donors (Lipinski definition) is 2. The Morgan fingerprint density at radius 2 is 1.95 bits per heavy atom. The summed E-state index contributed by atoms with van der Waals surface area (Å²) in [6, 6.07) is 2.75. The minimum Gasteiger partial charge on any atom is -0.506 e. The molecule has 1 aromatic rings. The second kappa shape index (κ2) is 6.52. The number of non-ortho nitro benzene ring substituents is 1. The van der Waals surface area contributed by atoms with E-state index >= 15 is 0 Å². The Labute approximate surface area is 138 Å². The molecule has 0 amide bonds. The standard InChI is InChI=1S/C15H22BrN3O3/c1-15(2,3)14(18-6-4-17-5-7-18)11-8-10(19(21)22)9-12(16)13(11)20/h8-9,14,17,20H,4-7H2,1-3H3/t14-/m0/s1. The van der Waals surface area contributed by atoms with Crippen LogP contribution in [0.4, 0.5) is 5.69 Å². The highest BCUT2D eigenvalue weighted by Gasteiger charge is 2.35. The van der Waals surface area contributed by atoms with Crippen molar-refractivity contribution < 1.29 is 10.0 Å². The van der Waals surface area contributed by atoms with E-state index in [1.807, 2.05) is 0 Å². The van der Waals surface area contributed by atoms with Gasteiger partial charge in [0.15, 0.2) is 0 Å². The molecule has 122 valence electrons. The molecular weight excluding hydrogens is 350 g/mol. The van der Waals surface area contributed by atoms with Crippen molar-refractivity contribution in [3.05, 3.63) is 32.3 Å². The summed E-state index contributed by atoms with van der Waals surface area (Å²) in [6.07, 6.45) is 0. The van der Waals surface area contributed by atoms with Gasteiger partial charge in [0.05, 0.1) is 9.40 Å². The van der Waals surface area contributed by atoms with Crippen LogP contribution in [-0.2, 0) is 0 Å². The fourth-order valence-electron chi connectivity index (χ4n) is 3.07. The van der Waals surface area contributed by atoms with E-state index in [4.69, 9.17) is 0 Å². The Bertz CT molecular complexity index is 566. The van der Waals surface area contributed by atoms with Crippen molar-refractivity contribution in [3.63, 3.8) is 0 Å². The summed E-state index contributed by atoms with van der Waals surface area (Å²) in [5.41, 5.74) is 0.434. The first-order valence-electron chi connectivity index (χ1n) is 7.33. The van der Waals surface area contributed by atoms with Crippen LogP contribution in [0.25, 0.3) is 0 Å². The van der Waals surface area contributed by atoms with Gasteiger partial charge in [-0.05, 0) is 21.3 Å². The van der Waals surface area contributed by atoms with Gasteiger partial charge in [-0.3, -0.25) is 15.0 Å². The van der Waals surface area contributed by atoms with Gasteiger partial charge in [0.25, 0.3) is 5.69 Å². The fraction of sp³-hybridized carbons (Fsp3) is 0.600. The number of nitrogens with zero attached hydrogens (tertiary/aromatic N) is 2. The first-order chi connectivity index (χ1) is 10.2. The Morgan fingerprint density at radius 1 is 1.36 bits per heavy atom. The van der Waals surface area contributed by atoms with Crippen molar-refractivity contribution >= 4 is 21.6 Å². The third-order valence-electron chi connectivity index (χ3n) is 3.92. The third kappa shape index (κ3) is 3.59. The first-order valence-corrected chi connectivity index (χ1v) is 8.12. The molecule has 1 aromatic carbocycles. The van der Waals surface area contributed by atoms with E-state index in [-0.39, 0.29) is 22.9 Å². The van der Waals surface area contributed by atoms with E-state index in [1.54, 1.807) is 0 Å². The van der Waals surface area contributed by atoms with Crippen LogP contribution in [0.3, 0.4) is 0 Å². The topological polar surface area (TPSA) is 78.6 Å². The maximum Gasteiger partial charge on any atom is 0.271 e. The highest BCUT2D eigenvalue weighted by Crippen LogP contribution is 2.45. The van der Waals surface area contributed by atoms with Gasteiger partial charge in [0.2, 0.25) is 0 Å². The van der Waals surface area contributed by atoms with E-state index in [0.717, 1.165) is 26.2 Å². The number of phenolic OH excluding ortho intramolecular Hbond substituents is 1. The monoisotopic (exact) mass is 371 g/mol. The Hall–Kier alpha value is -1.18. The SMILES string of the molecule is CC(C)(C)[C@H](c1cc([N+](=O)[O-])cc(Br)c1O)N1CCNCC1. The maximum atomic E-state index is 11.1. The van der Waals surface area contributed by atoms with Crippen molar-refractivity contribution in [1.82, 2.24) is 10.2 Å². The van der Waals surface area contributed by atoms with Gasteiger partial charge < -0.3 is 10.4 Å². The molecule has 0 aliphatic carbocycles. The second-order valence-electron chi connectivity index (χ2n) is 6.68. The van der Waals surface area contributed by atoms with E-state index in [2.05, 4.69) is 46.9 Å². The molecule has 2 N–H and O–H groups in total. The first kappa shape index (κ1) is 17.2. The second-order valence-corrected chi connectivity index (χ2v) is 7.53. The summed E-state index contributed by atoms with van der Waals surface area (Å²) >= 11 is 3.24. The van der Waals surface area contributed by atoms with Crippen LogP contribution in [0.5, 0.6) is 5.75 Å². The lowest BCUT2D eigenvalue weighted by Gasteiger charge is -2.42. The zero-order chi connectivity index (χ0) is 16.5. The van der Waals surface area contributed by atoms with Crippen LogP contribution in [0, 0.1) is 15.5 Å². The molecule has 0 bridgehead atoms. The number of aromatic hydroxyl groups is 1. The van der Waals surface area contributed by atoms with Gasteiger partial charge in [-0.25, -0.2) is 0 Å². The Kier molecular flexibility index (Phi) is 5.09. The number of rotatable bonds is 3. The van der Waals surface area contributed by atoms with Crippen molar-refractivity contribution in [2.45, 2.75) is 26.8 Å². The lowest BCUT2D eigenvalue weighted by molar-refractivity contribution is -0.385. The number of benzene rings is 1. The van der Waals surface area contributed by atoms with Gasteiger partial charge in [0.1, 0.15) is 5.75 Å². The summed E-state index contributed by atoms with van der Waals surface area (Å²) in [5.74, 6) is 0.0871. The zero-order valence-corrected chi connectivity index (χ0v) is 14.7. The molecule has 1 heterocycles. The molecule has 1 fully saturated rings. The third-order valence-corrected chi connectivity index (χ3v) is 4.52. The molecule has 0 spiro atoms. The van der Waals surface area contributed by atoms with Crippen LogP contribution in [0.15, 0.2) is 16.6 Å². The number of nitrogens with one attached hydrogen (secondary N) is 1. The van der Waals surface area contributed by atoms with Crippen LogP contribution >= 0.6 is 15.9 Å². The van der Waals surface area contributed by atoms with Crippen LogP contribution in [0.1, 0.15) is 32.4 Å². The molecule has 1 atom stereocenters. The van der Waals surface area contributed by atoms with E-state index in [1.165, 1.54) is 12.1 Å². The Balaban J connectivity index is 2.53. The molecule has 7 heteroatoms. The van der Waals surface area contributed by atoms with Crippen LogP contribution in [0.2, 0.25) is 0 Å². The molecule has 1 saturated heterocycles. The highest BCUT2D eigenvalue weighted by molar-refractivity contribution is 9.10. The average Bonchev–Trinajstić information content (AvgIpc) is 2.43. The summed E-state index contributed by atoms with van der Waals surface area (Å²) < 4.78 is 0.362. The fourth-order valence-corrected chi connectivity index (χ4v) is 3.53. The van der Waals surface area contributed by atoms with E-state index in [9.17, 15) is 15.2 Å². The predicted molar refractivity (Wildman–Crippen MR) is 89.1 cm³/mol. The van der Waals surface area contributed by atoms with Crippen molar-refractivity contribution in [2.75, 3.05) is 26.2 Å². The molecule has 1 aliphatic heterocycles. The number of nitro benzene ring substituents is 1. The summed E-state index contributed by atoms with van der Waals surface area (Å²) in [4.78, 5) is 13.0. The van der Waals surface area contributed by atoms with Gasteiger partial charge in [-0.2, -0.15) is 0 Å². The molecule has 0 radical (unpaired) electrons. The zero-order valence-electron chi connectivity index (χ0n) is 13.1. The normalized spacial score (nSPS) is 18.2. The molecule has 0 unspecified atom stereocenters. The highest BCUT2D eigenvalue weighted by atomic mass is 79.9. The van der Waals surface area contributed by atoms with Gasteiger partial charge >= 0.3 is 0 Å². The van der Waals surface area contributed by atoms with E-state index in [0.29, 0.717) is 10.0 Å². The predicted octanol–water partition coefficient (Wildman–Crippen LogP) is 3.06. The summed E-state index contributed by atoms with van der Waals surface area (Å²) in [5, 5.41) is 24.9. The van der Waals surface area contributed by atoms with Crippen molar-refractivity contribution in [2.24, 2.45) is 5.41 Å². The average molecular weight is 372 g/mol. The van der Waals surface area contributed by atoms with Crippen molar-refractivity contribution in [1.29, 1.82) is 0 Å². The molecule has 0 saturated carbocycles. The maximum absolute atomic E-state index is 11.1. The molecular formula is C15H22BrN3O3. The van der Waals surface area contributed by atoms with Gasteiger partial charge in [-0.15, -0.1) is 0 Å². The number of piperazine rings is 1. The van der Waals surface area contributed by atoms with Crippen molar-refractivity contribution in [3.8, 4) is 5.75 Å². The van der Waals surface area contributed by atoms with Gasteiger partial charge in [0, 0.05) is 49.9 Å². The molecule has 2 rings (SSSR count). The molecule has 6 nitrogen and oxygen atoms in total. The van der Waals surface area contributed by atoms with Crippen LogP contribution < -0.4 is 5.32 Å². The minimum absolute atomic E-state index is 0.0101. The Morgan fingerprint density at radius 3 is 2.45 bits per heavy atom. The molecule has 0 aromatic heterocycles. The van der Waals surface area contributed by atoms with Gasteiger partial charge in [-0.1, -0.05) is 20.8 Å². The lowest BCUT2D eigenvalue weighted by atomic mass is 9.80. The molecule has 1 aliphatic rings. The van der Waals surface area contributed by atoms with E-state index < -0.39 is 4.92 Å².